The molecule has 3 rings (SSSR count). The lowest BCUT2D eigenvalue weighted by Crippen LogP contribution is -2.41. The quantitative estimate of drug-likeness (QED) is 0.558. The molecule has 27 heavy (non-hydrogen) atoms. The summed E-state index contributed by atoms with van der Waals surface area (Å²) in [5, 5.41) is 4.57. The Morgan fingerprint density at radius 3 is 2.52 bits per heavy atom. The molecule has 146 valence electrons. The highest BCUT2D eigenvalue weighted by atomic mass is 28.4. The highest BCUT2D eigenvalue weighted by Crippen LogP contribution is 2.45. The maximum Gasteiger partial charge on any atom is 0.378 e. The van der Waals surface area contributed by atoms with Crippen LogP contribution in [0, 0.1) is 0 Å². The van der Waals surface area contributed by atoms with E-state index in [9.17, 15) is 4.79 Å². The summed E-state index contributed by atoms with van der Waals surface area (Å²) >= 11 is 0. The van der Waals surface area contributed by atoms with Crippen LogP contribution in [0.2, 0.25) is 18.1 Å². The Morgan fingerprint density at radius 1 is 1.26 bits per heavy atom. The Kier molecular flexibility index (Phi) is 5.27. The van der Waals surface area contributed by atoms with Gasteiger partial charge in [0.25, 0.3) is 5.82 Å². The Bertz CT molecular complexity index is 812. The predicted octanol–water partition coefficient (Wildman–Crippen LogP) is 4.51. The van der Waals surface area contributed by atoms with Gasteiger partial charge >= 0.3 is 5.97 Å². The average molecular weight is 388 g/mol. The first-order chi connectivity index (χ1) is 12.6. The number of aromatic nitrogens is 3. The van der Waals surface area contributed by atoms with Gasteiger partial charge in [-0.25, -0.2) is 14.5 Å². The molecule has 1 aliphatic heterocycles. The van der Waals surface area contributed by atoms with Gasteiger partial charge in [-0.1, -0.05) is 51.1 Å². The molecular weight excluding hydrogens is 358 g/mol. The number of hydrogen-bond donors (Lipinski definition) is 0. The number of hydrogen-bond acceptors (Lipinski definition) is 5. The molecule has 0 saturated heterocycles. The molecule has 0 amide bonds. The monoisotopic (exact) mass is 387 g/mol. The van der Waals surface area contributed by atoms with E-state index in [-0.39, 0.29) is 23.0 Å². The van der Waals surface area contributed by atoms with Crippen molar-refractivity contribution in [2.24, 2.45) is 0 Å². The molecule has 7 heteroatoms. The van der Waals surface area contributed by atoms with Crippen LogP contribution in [0.15, 0.2) is 30.3 Å². The molecule has 0 N–H and O–H groups in total. The Labute approximate surface area is 162 Å². The van der Waals surface area contributed by atoms with Gasteiger partial charge in [0.15, 0.2) is 14.1 Å². The average Bonchev–Trinajstić information content (AvgIpc) is 3.15. The molecule has 2 aromatic rings. The van der Waals surface area contributed by atoms with Crippen molar-refractivity contribution in [2.45, 2.75) is 64.4 Å². The highest BCUT2D eigenvalue weighted by molar-refractivity contribution is 6.74. The SMILES string of the molecule is CCOC(=O)c1nc2n(n1)[C@H](c1ccccc1)C[C@H]2O[Si](C)(C)C(C)(C)C. The van der Waals surface area contributed by atoms with Crippen LogP contribution in [0.5, 0.6) is 0 Å². The first-order valence-electron chi connectivity index (χ1n) is 9.50. The molecule has 0 unspecified atom stereocenters. The van der Waals surface area contributed by atoms with Crippen molar-refractivity contribution in [1.29, 1.82) is 0 Å². The zero-order valence-corrected chi connectivity index (χ0v) is 18.0. The lowest BCUT2D eigenvalue weighted by Gasteiger charge is -2.38. The van der Waals surface area contributed by atoms with E-state index >= 15 is 0 Å². The molecule has 0 radical (unpaired) electrons. The minimum atomic E-state index is -2.00. The zero-order valence-electron chi connectivity index (χ0n) is 17.0. The van der Waals surface area contributed by atoms with Gasteiger partial charge in [0.2, 0.25) is 0 Å². The summed E-state index contributed by atoms with van der Waals surface area (Å²) in [5.74, 6) is 0.338. The number of nitrogens with zero attached hydrogens (tertiary/aromatic N) is 3. The van der Waals surface area contributed by atoms with Gasteiger partial charge in [0, 0.05) is 6.42 Å². The second-order valence-corrected chi connectivity index (χ2v) is 13.2. The molecule has 0 saturated carbocycles. The summed E-state index contributed by atoms with van der Waals surface area (Å²) < 4.78 is 13.6. The standard InChI is InChI=1S/C20H29N3O3Si/c1-7-25-19(24)17-21-18-16(26-27(5,6)20(2,3)4)13-15(23(18)22-17)14-11-9-8-10-12-14/h8-12,15-16H,7,13H2,1-6H3/t15-,16+/m0/s1. The van der Waals surface area contributed by atoms with Crippen LogP contribution in [-0.2, 0) is 9.16 Å². The molecule has 6 nitrogen and oxygen atoms in total. The van der Waals surface area contributed by atoms with E-state index < -0.39 is 14.3 Å². The van der Waals surface area contributed by atoms with Gasteiger partial charge in [-0.15, -0.1) is 5.10 Å². The first-order valence-corrected chi connectivity index (χ1v) is 12.4. The van der Waals surface area contributed by atoms with E-state index in [0.717, 1.165) is 17.8 Å². The smallest absolute Gasteiger partial charge is 0.378 e. The number of benzene rings is 1. The number of esters is 1. The maximum atomic E-state index is 12.2. The molecule has 2 heterocycles. The van der Waals surface area contributed by atoms with Crippen LogP contribution in [0.4, 0.5) is 0 Å². The molecule has 1 aromatic heterocycles. The van der Waals surface area contributed by atoms with Gasteiger partial charge in [-0.3, -0.25) is 0 Å². The topological polar surface area (TPSA) is 66.2 Å². The highest BCUT2D eigenvalue weighted by Gasteiger charge is 2.44. The minimum absolute atomic E-state index is 0.00615. The van der Waals surface area contributed by atoms with Crippen LogP contribution in [-0.4, -0.2) is 35.7 Å². The van der Waals surface area contributed by atoms with Gasteiger partial charge in [-0.2, -0.15) is 0 Å². The van der Waals surface area contributed by atoms with Crippen molar-refractivity contribution >= 4 is 14.3 Å². The summed E-state index contributed by atoms with van der Waals surface area (Å²) in [5.41, 5.74) is 1.14. The normalized spacial score (nSPS) is 19.8. The molecule has 1 aromatic carbocycles. The summed E-state index contributed by atoms with van der Waals surface area (Å²) in [6.45, 7) is 13.2. The Hall–Kier alpha value is -1.99. The van der Waals surface area contributed by atoms with Crippen LogP contribution >= 0.6 is 0 Å². The summed E-state index contributed by atoms with van der Waals surface area (Å²) in [6, 6.07) is 10.2. The molecular formula is C20H29N3O3Si. The van der Waals surface area contributed by atoms with Crippen molar-refractivity contribution in [1.82, 2.24) is 14.8 Å². The summed E-state index contributed by atoms with van der Waals surface area (Å²) in [4.78, 5) is 16.7. The van der Waals surface area contributed by atoms with Crippen LogP contribution < -0.4 is 0 Å². The van der Waals surface area contributed by atoms with Gasteiger partial charge in [0.1, 0.15) is 6.10 Å². The van der Waals surface area contributed by atoms with Crippen LogP contribution in [0.25, 0.3) is 0 Å². The first kappa shape index (κ1) is 19.8. The Morgan fingerprint density at radius 2 is 1.93 bits per heavy atom. The van der Waals surface area contributed by atoms with Crippen molar-refractivity contribution in [3.05, 3.63) is 47.5 Å². The van der Waals surface area contributed by atoms with Crippen molar-refractivity contribution < 1.29 is 14.0 Å². The zero-order chi connectivity index (χ0) is 19.8. The number of fused-ring (bicyclic) bond motifs is 1. The largest absolute Gasteiger partial charge is 0.460 e. The molecule has 0 aliphatic carbocycles. The lowest BCUT2D eigenvalue weighted by atomic mass is 10.0. The number of carbonyl (C=O) groups excluding carboxylic acids is 1. The van der Waals surface area contributed by atoms with Crippen LogP contribution in [0.1, 0.15) is 68.3 Å². The molecule has 0 bridgehead atoms. The third-order valence-electron chi connectivity index (χ3n) is 5.56. The molecule has 0 spiro atoms. The van der Waals surface area contributed by atoms with Crippen LogP contribution in [0.3, 0.4) is 0 Å². The summed E-state index contributed by atoms with van der Waals surface area (Å²) in [6.07, 6.45) is 0.598. The van der Waals surface area contributed by atoms with Gasteiger partial charge < -0.3 is 9.16 Å². The third-order valence-corrected chi connectivity index (χ3v) is 10.0. The second-order valence-electron chi connectivity index (χ2n) is 8.49. The summed E-state index contributed by atoms with van der Waals surface area (Å²) in [7, 11) is -2.00. The predicted molar refractivity (Wildman–Crippen MR) is 106 cm³/mol. The fraction of sp³-hybridized carbons (Fsp3) is 0.550. The molecule has 2 atom stereocenters. The minimum Gasteiger partial charge on any atom is -0.460 e. The fourth-order valence-corrected chi connectivity index (χ4v) is 4.33. The van der Waals surface area contributed by atoms with E-state index in [1.807, 2.05) is 22.9 Å². The van der Waals surface area contributed by atoms with E-state index in [1.54, 1.807) is 6.92 Å². The number of ether oxygens (including phenoxy) is 1. The Balaban J connectivity index is 1.98. The van der Waals surface area contributed by atoms with E-state index in [4.69, 9.17) is 9.16 Å². The number of rotatable bonds is 5. The third kappa shape index (κ3) is 3.84. The van der Waals surface area contributed by atoms with E-state index in [2.05, 4.69) is 56.1 Å². The fourth-order valence-electron chi connectivity index (χ4n) is 3.06. The van der Waals surface area contributed by atoms with Gasteiger partial charge in [0.05, 0.1) is 12.6 Å². The number of carbonyl (C=O) groups is 1. The van der Waals surface area contributed by atoms with Crippen molar-refractivity contribution in [3.8, 4) is 0 Å². The second kappa shape index (κ2) is 7.20. The van der Waals surface area contributed by atoms with E-state index in [1.165, 1.54) is 0 Å². The van der Waals surface area contributed by atoms with Crippen molar-refractivity contribution in [3.63, 3.8) is 0 Å². The lowest BCUT2D eigenvalue weighted by molar-refractivity contribution is 0.0510. The molecule has 0 fully saturated rings. The van der Waals surface area contributed by atoms with Crippen molar-refractivity contribution in [2.75, 3.05) is 6.61 Å². The van der Waals surface area contributed by atoms with E-state index in [0.29, 0.717) is 6.61 Å². The maximum absolute atomic E-state index is 12.2. The van der Waals surface area contributed by atoms with Gasteiger partial charge in [-0.05, 0) is 30.6 Å². The molecule has 1 aliphatic rings.